The molecule has 2 heterocycles. The van der Waals surface area contributed by atoms with Gasteiger partial charge in [0.05, 0.1) is 28.0 Å². The van der Waals surface area contributed by atoms with Gasteiger partial charge in [0.25, 0.3) is 0 Å². The molecular formula is C16H16ClN3O. The van der Waals surface area contributed by atoms with Gasteiger partial charge in [0, 0.05) is 25.1 Å². The number of aryl methyl sites for hydroxylation is 2. The van der Waals surface area contributed by atoms with Gasteiger partial charge in [-0.3, -0.25) is 9.67 Å². The molecule has 1 aromatic carbocycles. The van der Waals surface area contributed by atoms with E-state index >= 15 is 0 Å². The molecular weight excluding hydrogens is 286 g/mol. The third-order valence-corrected chi connectivity index (χ3v) is 4.18. The molecule has 3 aromatic rings. The summed E-state index contributed by atoms with van der Waals surface area (Å²) in [7, 11) is 1.84. The molecule has 21 heavy (non-hydrogen) atoms. The minimum Gasteiger partial charge on any atom is -0.388 e. The van der Waals surface area contributed by atoms with Crippen LogP contribution in [0.25, 0.3) is 10.9 Å². The fraction of sp³-hybridized carbons (Fsp3) is 0.250. The first-order chi connectivity index (χ1) is 10.1. The van der Waals surface area contributed by atoms with E-state index in [9.17, 15) is 5.11 Å². The van der Waals surface area contributed by atoms with Crippen molar-refractivity contribution in [1.82, 2.24) is 14.8 Å². The standard InChI is InChI=1S/C16H16ClN3O/c1-10-16(17)14(20(2)19-10)9-15(21)12-5-3-7-13-11(12)6-4-8-18-13/h3-8,15,21H,9H2,1-2H3. The molecule has 108 valence electrons. The molecule has 1 atom stereocenters. The van der Waals surface area contributed by atoms with Gasteiger partial charge in [-0.05, 0) is 24.6 Å². The van der Waals surface area contributed by atoms with E-state index in [1.165, 1.54) is 0 Å². The lowest BCUT2D eigenvalue weighted by Crippen LogP contribution is -2.07. The lowest BCUT2D eigenvalue weighted by Gasteiger charge is -2.14. The maximum absolute atomic E-state index is 10.6. The Balaban J connectivity index is 1.99. The summed E-state index contributed by atoms with van der Waals surface area (Å²) in [5.74, 6) is 0. The number of aliphatic hydroxyl groups is 1. The maximum atomic E-state index is 10.6. The van der Waals surface area contributed by atoms with E-state index in [-0.39, 0.29) is 0 Å². The molecule has 0 aliphatic heterocycles. The van der Waals surface area contributed by atoms with Crippen molar-refractivity contribution in [2.45, 2.75) is 19.4 Å². The number of fused-ring (bicyclic) bond motifs is 1. The van der Waals surface area contributed by atoms with Crippen LogP contribution >= 0.6 is 11.6 Å². The van der Waals surface area contributed by atoms with Crippen LogP contribution in [-0.2, 0) is 13.5 Å². The van der Waals surface area contributed by atoms with E-state index in [0.717, 1.165) is 27.9 Å². The molecule has 0 amide bonds. The van der Waals surface area contributed by atoms with Gasteiger partial charge in [-0.25, -0.2) is 0 Å². The van der Waals surface area contributed by atoms with Crippen molar-refractivity contribution >= 4 is 22.5 Å². The summed E-state index contributed by atoms with van der Waals surface area (Å²) in [6.45, 7) is 1.86. The Bertz CT molecular complexity index is 792. The average molecular weight is 302 g/mol. The topological polar surface area (TPSA) is 50.9 Å². The summed E-state index contributed by atoms with van der Waals surface area (Å²) in [5, 5.41) is 16.5. The van der Waals surface area contributed by atoms with Gasteiger partial charge in [-0.15, -0.1) is 0 Å². The second-order valence-electron chi connectivity index (χ2n) is 5.11. The Morgan fingerprint density at radius 1 is 1.29 bits per heavy atom. The first-order valence-corrected chi connectivity index (χ1v) is 7.15. The van der Waals surface area contributed by atoms with Gasteiger partial charge in [0.2, 0.25) is 0 Å². The van der Waals surface area contributed by atoms with E-state index in [1.807, 2.05) is 44.3 Å². The maximum Gasteiger partial charge on any atom is 0.0852 e. The second kappa shape index (κ2) is 5.47. The van der Waals surface area contributed by atoms with Crippen molar-refractivity contribution in [2.24, 2.45) is 7.05 Å². The van der Waals surface area contributed by atoms with Crippen LogP contribution in [0.1, 0.15) is 23.1 Å². The van der Waals surface area contributed by atoms with Gasteiger partial charge in [0.1, 0.15) is 0 Å². The number of halogens is 1. The Morgan fingerprint density at radius 3 is 2.81 bits per heavy atom. The Labute approximate surface area is 128 Å². The molecule has 2 aromatic heterocycles. The van der Waals surface area contributed by atoms with E-state index in [1.54, 1.807) is 10.9 Å². The number of aliphatic hydroxyl groups excluding tert-OH is 1. The zero-order valence-corrected chi connectivity index (χ0v) is 12.7. The molecule has 0 fully saturated rings. The summed E-state index contributed by atoms with van der Waals surface area (Å²) >= 11 is 6.26. The Hall–Kier alpha value is -1.91. The van der Waals surface area contributed by atoms with Crippen LogP contribution in [0.15, 0.2) is 36.5 Å². The number of nitrogens with zero attached hydrogens (tertiary/aromatic N) is 3. The van der Waals surface area contributed by atoms with Gasteiger partial charge in [-0.2, -0.15) is 5.10 Å². The third-order valence-electron chi connectivity index (χ3n) is 3.69. The van der Waals surface area contributed by atoms with Crippen LogP contribution in [0.5, 0.6) is 0 Å². The van der Waals surface area contributed by atoms with Gasteiger partial charge < -0.3 is 5.11 Å². The number of rotatable bonds is 3. The van der Waals surface area contributed by atoms with Crippen LogP contribution in [-0.4, -0.2) is 19.9 Å². The molecule has 0 aliphatic rings. The zero-order chi connectivity index (χ0) is 15.0. The minimum atomic E-state index is -0.648. The molecule has 0 radical (unpaired) electrons. The SMILES string of the molecule is Cc1nn(C)c(CC(O)c2cccc3ncccc23)c1Cl. The van der Waals surface area contributed by atoms with Crippen molar-refractivity contribution in [1.29, 1.82) is 0 Å². The number of hydrogen-bond donors (Lipinski definition) is 1. The second-order valence-corrected chi connectivity index (χ2v) is 5.48. The molecule has 1 N–H and O–H groups in total. The Kier molecular flexibility index (Phi) is 3.66. The zero-order valence-electron chi connectivity index (χ0n) is 11.9. The first-order valence-electron chi connectivity index (χ1n) is 6.77. The van der Waals surface area contributed by atoms with Gasteiger partial charge in [0.15, 0.2) is 0 Å². The molecule has 4 nitrogen and oxygen atoms in total. The van der Waals surface area contributed by atoms with Crippen LogP contribution in [0, 0.1) is 6.92 Å². The minimum absolute atomic E-state index is 0.421. The van der Waals surface area contributed by atoms with Crippen LogP contribution in [0.3, 0.4) is 0 Å². The normalized spacial score (nSPS) is 12.8. The fourth-order valence-corrected chi connectivity index (χ4v) is 2.85. The smallest absolute Gasteiger partial charge is 0.0852 e. The molecule has 0 saturated carbocycles. The van der Waals surface area contributed by atoms with Crippen molar-refractivity contribution in [3.63, 3.8) is 0 Å². The van der Waals surface area contributed by atoms with Crippen LogP contribution in [0.4, 0.5) is 0 Å². The Morgan fingerprint density at radius 2 is 2.10 bits per heavy atom. The highest BCUT2D eigenvalue weighted by Gasteiger charge is 2.18. The highest BCUT2D eigenvalue weighted by atomic mass is 35.5. The van der Waals surface area contributed by atoms with Crippen LogP contribution in [0.2, 0.25) is 5.02 Å². The number of benzene rings is 1. The molecule has 5 heteroatoms. The van der Waals surface area contributed by atoms with Gasteiger partial charge in [-0.1, -0.05) is 29.8 Å². The molecule has 0 spiro atoms. The molecule has 0 aliphatic carbocycles. The van der Waals surface area contributed by atoms with Crippen molar-refractivity contribution in [3.05, 3.63) is 58.5 Å². The molecule has 1 unspecified atom stereocenters. The molecule has 0 saturated heterocycles. The summed E-state index contributed by atoms with van der Waals surface area (Å²) < 4.78 is 1.73. The van der Waals surface area contributed by atoms with Crippen molar-refractivity contribution in [2.75, 3.05) is 0 Å². The van der Waals surface area contributed by atoms with Crippen molar-refractivity contribution in [3.8, 4) is 0 Å². The lowest BCUT2D eigenvalue weighted by atomic mass is 10.00. The predicted molar refractivity (Wildman–Crippen MR) is 83.4 cm³/mol. The summed E-state index contributed by atoms with van der Waals surface area (Å²) in [4.78, 5) is 4.32. The molecule has 3 rings (SSSR count). The summed E-state index contributed by atoms with van der Waals surface area (Å²) in [6, 6.07) is 9.61. The lowest BCUT2D eigenvalue weighted by molar-refractivity contribution is 0.177. The van der Waals surface area contributed by atoms with Crippen LogP contribution < -0.4 is 0 Å². The van der Waals surface area contributed by atoms with Gasteiger partial charge >= 0.3 is 0 Å². The number of aromatic nitrogens is 3. The van der Waals surface area contributed by atoms with Crippen molar-refractivity contribution < 1.29 is 5.11 Å². The summed E-state index contributed by atoms with van der Waals surface area (Å²) in [6.07, 6.45) is 1.52. The highest BCUT2D eigenvalue weighted by molar-refractivity contribution is 6.31. The van der Waals surface area contributed by atoms with E-state index in [2.05, 4.69) is 10.1 Å². The number of pyridine rings is 1. The number of hydrogen-bond acceptors (Lipinski definition) is 3. The molecule has 0 bridgehead atoms. The third kappa shape index (κ3) is 2.52. The van der Waals surface area contributed by atoms with E-state index in [0.29, 0.717) is 11.4 Å². The average Bonchev–Trinajstić information content (AvgIpc) is 2.73. The monoisotopic (exact) mass is 301 g/mol. The highest BCUT2D eigenvalue weighted by Crippen LogP contribution is 2.28. The summed E-state index contributed by atoms with van der Waals surface area (Å²) in [5.41, 5.74) is 3.35. The largest absolute Gasteiger partial charge is 0.388 e. The quantitative estimate of drug-likeness (QED) is 0.808. The van der Waals surface area contributed by atoms with E-state index in [4.69, 9.17) is 11.6 Å². The fourth-order valence-electron chi connectivity index (χ4n) is 2.61. The van der Waals surface area contributed by atoms with E-state index < -0.39 is 6.10 Å². The first kappa shape index (κ1) is 14.0. The predicted octanol–water partition coefficient (Wildman–Crippen LogP) is 3.21.